The minimum absolute atomic E-state index is 0.138. The summed E-state index contributed by atoms with van der Waals surface area (Å²) in [7, 11) is 0. The number of nitrogens with zero attached hydrogens (tertiary/aromatic N) is 2. The van der Waals surface area contributed by atoms with Crippen molar-refractivity contribution in [3.63, 3.8) is 0 Å². The fraction of sp³-hybridized carbons (Fsp3) is 0. The maximum Gasteiger partial charge on any atom is 0.161 e. The Bertz CT molecular complexity index is 3500. The van der Waals surface area contributed by atoms with Crippen molar-refractivity contribution in [2.45, 2.75) is 0 Å². The minimum atomic E-state index is 0.138. The van der Waals surface area contributed by atoms with Crippen LogP contribution < -0.4 is 0 Å². The largest absolute Gasteiger partial charge is 0.456 e. The van der Waals surface area contributed by atoms with Crippen LogP contribution in [0.3, 0.4) is 0 Å². The Kier molecular flexibility index (Phi) is 8.56. The summed E-state index contributed by atoms with van der Waals surface area (Å²) < 4.78 is 13.0. The lowest BCUT2D eigenvalue weighted by molar-refractivity contribution is 0.668. The molecule has 0 fully saturated rings. The van der Waals surface area contributed by atoms with E-state index in [-0.39, 0.29) is 5.84 Å². The van der Waals surface area contributed by atoms with Crippen molar-refractivity contribution >= 4 is 72.5 Å². The Morgan fingerprint density at radius 2 is 1.02 bits per heavy atom. The Morgan fingerprint density at radius 1 is 0.417 bits per heavy atom. The molecule has 0 aliphatic heterocycles. The zero-order valence-electron chi connectivity index (χ0n) is 32.3. The van der Waals surface area contributed by atoms with Crippen molar-refractivity contribution in [1.82, 2.24) is 0 Å². The molecule has 282 valence electrons. The maximum atomic E-state index is 8.99. The van der Waals surface area contributed by atoms with Crippen LogP contribution in [0.1, 0.15) is 16.7 Å². The van der Waals surface area contributed by atoms with Crippen LogP contribution >= 0.6 is 0 Å². The normalized spacial score (nSPS) is 12.1. The van der Waals surface area contributed by atoms with Gasteiger partial charge in [0.15, 0.2) is 11.7 Å². The van der Waals surface area contributed by atoms with Crippen LogP contribution in [-0.4, -0.2) is 17.9 Å². The fourth-order valence-electron chi connectivity index (χ4n) is 8.41. The predicted octanol–water partition coefficient (Wildman–Crippen LogP) is 14.5. The van der Waals surface area contributed by atoms with Gasteiger partial charge in [0.1, 0.15) is 22.3 Å². The van der Waals surface area contributed by atoms with Crippen molar-refractivity contribution in [3.8, 4) is 33.4 Å². The summed E-state index contributed by atoms with van der Waals surface area (Å²) >= 11 is 0. The Morgan fingerprint density at radius 3 is 1.80 bits per heavy atom. The third-order valence-electron chi connectivity index (χ3n) is 11.2. The summed E-state index contributed by atoms with van der Waals surface area (Å²) in [5.41, 5.74) is 12.1. The second-order valence-electron chi connectivity index (χ2n) is 14.9. The van der Waals surface area contributed by atoms with E-state index < -0.39 is 0 Å². The van der Waals surface area contributed by atoms with E-state index in [4.69, 9.17) is 24.2 Å². The van der Waals surface area contributed by atoms with E-state index in [1.54, 1.807) is 0 Å². The average Bonchev–Trinajstić information content (AvgIpc) is 3.89. The summed E-state index contributed by atoms with van der Waals surface area (Å²) in [4.78, 5) is 9.93. The SMILES string of the molecule is N=C(N=C(N=Cc1cc(-c2cc(-c3cccc4oc5ccccc5c34)cc3oc4ccccc4c23)c2ccccc2c1)c1cccc(-c2ccccc2)c1)c1ccccc1. The van der Waals surface area contributed by atoms with Gasteiger partial charge >= 0.3 is 0 Å². The number of fused-ring (bicyclic) bond motifs is 7. The first-order chi connectivity index (χ1) is 29.6. The van der Waals surface area contributed by atoms with E-state index in [9.17, 15) is 0 Å². The molecular weight excluding hydrogens is 735 g/mol. The molecule has 0 unspecified atom stereocenters. The molecule has 0 bridgehead atoms. The number of furan rings is 2. The number of hydrogen-bond acceptors (Lipinski definition) is 3. The summed E-state index contributed by atoms with van der Waals surface area (Å²) in [6.07, 6.45) is 1.87. The summed E-state index contributed by atoms with van der Waals surface area (Å²) in [6, 6.07) is 68.1. The molecule has 0 amide bonds. The highest BCUT2D eigenvalue weighted by molar-refractivity contribution is 6.20. The lowest BCUT2D eigenvalue weighted by Crippen LogP contribution is -2.05. The fourth-order valence-corrected chi connectivity index (χ4v) is 8.41. The first-order valence-corrected chi connectivity index (χ1v) is 20.0. The minimum Gasteiger partial charge on any atom is -0.456 e. The van der Waals surface area contributed by atoms with Crippen molar-refractivity contribution < 1.29 is 8.83 Å². The summed E-state index contributed by atoms with van der Waals surface area (Å²) in [5.74, 6) is 0.584. The van der Waals surface area contributed by atoms with Crippen LogP contribution in [0.15, 0.2) is 219 Å². The molecule has 0 aliphatic carbocycles. The van der Waals surface area contributed by atoms with Crippen LogP contribution in [0, 0.1) is 5.41 Å². The number of para-hydroxylation sites is 2. The van der Waals surface area contributed by atoms with Crippen molar-refractivity contribution in [2.24, 2.45) is 9.98 Å². The van der Waals surface area contributed by atoms with Crippen molar-refractivity contribution in [1.29, 1.82) is 5.41 Å². The smallest absolute Gasteiger partial charge is 0.161 e. The van der Waals surface area contributed by atoms with Gasteiger partial charge in [0.2, 0.25) is 0 Å². The van der Waals surface area contributed by atoms with E-state index in [0.29, 0.717) is 11.4 Å². The molecule has 11 aromatic rings. The molecule has 2 aromatic heterocycles. The lowest BCUT2D eigenvalue weighted by atomic mass is 9.89. The molecule has 0 radical (unpaired) electrons. The molecule has 5 nitrogen and oxygen atoms in total. The molecule has 5 heteroatoms. The number of rotatable bonds is 6. The molecule has 11 rings (SSSR count). The van der Waals surface area contributed by atoms with Gasteiger partial charge in [-0.25, -0.2) is 9.98 Å². The number of amidine groups is 2. The van der Waals surface area contributed by atoms with Gasteiger partial charge in [0, 0.05) is 38.9 Å². The highest BCUT2D eigenvalue weighted by atomic mass is 16.3. The van der Waals surface area contributed by atoms with E-state index >= 15 is 0 Å². The Hall–Kier alpha value is -8.15. The quantitative estimate of drug-likeness (QED) is 0.135. The van der Waals surface area contributed by atoms with Gasteiger partial charge in [-0.15, -0.1) is 0 Å². The topological polar surface area (TPSA) is 74.8 Å². The molecule has 0 saturated heterocycles. The lowest BCUT2D eigenvalue weighted by Gasteiger charge is -2.13. The number of aliphatic imine (C=N–C) groups is 2. The van der Waals surface area contributed by atoms with E-state index in [0.717, 1.165) is 99.2 Å². The average molecular weight is 770 g/mol. The van der Waals surface area contributed by atoms with E-state index in [1.807, 2.05) is 97.2 Å². The Labute approximate surface area is 345 Å². The molecule has 0 atom stereocenters. The number of hydrogen-bond donors (Lipinski definition) is 1. The highest BCUT2D eigenvalue weighted by Gasteiger charge is 2.20. The zero-order valence-corrected chi connectivity index (χ0v) is 32.3. The molecule has 0 saturated carbocycles. The highest BCUT2D eigenvalue weighted by Crippen LogP contribution is 2.44. The molecule has 9 aromatic carbocycles. The second kappa shape index (κ2) is 14.7. The van der Waals surface area contributed by atoms with Crippen LogP contribution in [0.2, 0.25) is 0 Å². The maximum absolute atomic E-state index is 8.99. The number of nitrogens with one attached hydrogen (secondary N) is 1. The molecule has 60 heavy (non-hydrogen) atoms. The molecule has 0 aliphatic rings. The zero-order chi connectivity index (χ0) is 40.0. The van der Waals surface area contributed by atoms with Crippen LogP contribution in [0.4, 0.5) is 0 Å². The summed E-state index contributed by atoms with van der Waals surface area (Å²) in [6.45, 7) is 0. The second-order valence-corrected chi connectivity index (χ2v) is 14.9. The van der Waals surface area contributed by atoms with Gasteiger partial charge in [0.25, 0.3) is 0 Å². The Balaban J connectivity index is 1.11. The summed E-state index contributed by atoms with van der Waals surface area (Å²) in [5, 5.41) is 15.4. The third-order valence-corrected chi connectivity index (χ3v) is 11.2. The van der Waals surface area contributed by atoms with Gasteiger partial charge in [-0.2, -0.15) is 0 Å². The van der Waals surface area contributed by atoms with E-state index in [1.165, 1.54) is 0 Å². The number of benzene rings is 9. The van der Waals surface area contributed by atoms with Crippen LogP contribution in [0.5, 0.6) is 0 Å². The third kappa shape index (κ3) is 6.26. The van der Waals surface area contributed by atoms with E-state index in [2.05, 4.69) is 109 Å². The van der Waals surface area contributed by atoms with Gasteiger partial charge < -0.3 is 8.83 Å². The van der Waals surface area contributed by atoms with Crippen molar-refractivity contribution in [2.75, 3.05) is 0 Å². The first kappa shape index (κ1) is 35.0. The van der Waals surface area contributed by atoms with Crippen LogP contribution in [0.25, 0.3) is 88.0 Å². The van der Waals surface area contributed by atoms with Gasteiger partial charge in [-0.1, -0.05) is 152 Å². The van der Waals surface area contributed by atoms with Gasteiger partial charge in [0.05, 0.1) is 0 Å². The molecule has 2 heterocycles. The standard InChI is InChI=1S/C55H35N3O2/c56-54(37-17-5-2-6-18-37)58-55(40-21-13-20-38(31-40)36-15-3-1-4-16-36)57-34-35-29-39-19-7-8-22-42(39)46(30-35)47-32-41(33-51-53(47)45-24-10-12-27-49(45)60-51)43-25-14-28-50-52(43)44-23-9-11-26-48(44)59-50/h1-34,56H. The van der Waals surface area contributed by atoms with Gasteiger partial charge in [-0.3, -0.25) is 5.41 Å². The molecule has 1 N–H and O–H groups in total. The van der Waals surface area contributed by atoms with Crippen LogP contribution in [-0.2, 0) is 0 Å². The predicted molar refractivity (Wildman–Crippen MR) is 249 cm³/mol. The monoisotopic (exact) mass is 769 g/mol. The first-order valence-electron chi connectivity index (χ1n) is 20.0. The molecular formula is C55H35N3O2. The van der Waals surface area contributed by atoms with Gasteiger partial charge in [-0.05, 0) is 98.2 Å². The molecule has 0 spiro atoms. The van der Waals surface area contributed by atoms with Crippen molar-refractivity contribution in [3.05, 3.63) is 217 Å².